The largest absolute Gasteiger partial charge is 0.300 e. The van der Waals surface area contributed by atoms with Gasteiger partial charge in [-0.05, 0) is 113 Å². The zero-order chi connectivity index (χ0) is 22.6. The Hall–Kier alpha value is -1.60. The van der Waals surface area contributed by atoms with Gasteiger partial charge >= 0.3 is 0 Å². The van der Waals surface area contributed by atoms with Gasteiger partial charge < -0.3 is 4.90 Å². The van der Waals surface area contributed by atoms with Crippen molar-refractivity contribution < 1.29 is 0 Å². The fraction of sp³-hybridized carbons (Fsp3) is 0.625. The van der Waals surface area contributed by atoms with E-state index >= 15 is 0 Å². The van der Waals surface area contributed by atoms with Gasteiger partial charge in [-0.1, -0.05) is 73.0 Å². The van der Waals surface area contributed by atoms with E-state index in [0.29, 0.717) is 0 Å². The monoisotopic (exact) mass is 443 g/mol. The molecule has 3 saturated carbocycles. The molecule has 0 heterocycles. The van der Waals surface area contributed by atoms with E-state index in [2.05, 4.69) is 73.5 Å². The average Bonchev–Trinajstić information content (AvgIpc) is 2.89. The van der Waals surface area contributed by atoms with Crippen LogP contribution in [-0.4, -0.2) is 24.0 Å². The molecule has 1 heteroatoms. The molecule has 0 saturated heterocycles. The van der Waals surface area contributed by atoms with Crippen LogP contribution in [0.2, 0.25) is 0 Å². The molecule has 0 aliphatic heterocycles. The molecule has 178 valence electrons. The van der Waals surface area contributed by atoms with Gasteiger partial charge in [-0.15, -0.1) is 0 Å². The molecule has 5 rings (SSSR count). The molecular formula is C32H45N. The Morgan fingerprint density at radius 2 is 1.27 bits per heavy atom. The third kappa shape index (κ3) is 5.40. The highest BCUT2D eigenvalue weighted by atomic mass is 15.2. The van der Waals surface area contributed by atoms with E-state index in [1.54, 1.807) is 11.1 Å². The zero-order valence-corrected chi connectivity index (χ0v) is 21.1. The van der Waals surface area contributed by atoms with Crippen molar-refractivity contribution >= 4 is 0 Å². The minimum atomic E-state index is 0.784. The van der Waals surface area contributed by atoms with Crippen molar-refractivity contribution in [2.24, 2.45) is 11.8 Å². The standard InChI is InChI=1S/C32H45N/c1-24-9-8-12-28(23-24)25-15-19-29(20-16-25)33(2)30-21-17-27(18-22-30)32-14-7-6-13-31(32)26-10-4-3-5-11-26/h3-5,8-12,23,25,27,29-32H,6-7,13-22H2,1-2H3. The van der Waals surface area contributed by atoms with Crippen molar-refractivity contribution in [2.45, 2.75) is 108 Å². The third-order valence-electron chi connectivity index (χ3n) is 9.76. The fourth-order valence-corrected chi connectivity index (χ4v) is 7.81. The van der Waals surface area contributed by atoms with E-state index < -0.39 is 0 Å². The lowest BCUT2D eigenvalue weighted by Crippen LogP contribution is -2.44. The first kappa shape index (κ1) is 23.2. The predicted octanol–water partition coefficient (Wildman–Crippen LogP) is 8.49. The lowest BCUT2D eigenvalue weighted by molar-refractivity contribution is 0.0725. The minimum Gasteiger partial charge on any atom is -0.300 e. The van der Waals surface area contributed by atoms with E-state index in [0.717, 1.165) is 35.8 Å². The molecule has 2 atom stereocenters. The van der Waals surface area contributed by atoms with Gasteiger partial charge in [0.1, 0.15) is 0 Å². The number of nitrogens with zero attached hydrogens (tertiary/aromatic N) is 1. The average molecular weight is 444 g/mol. The maximum atomic E-state index is 2.82. The van der Waals surface area contributed by atoms with Crippen LogP contribution in [0.5, 0.6) is 0 Å². The lowest BCUT2D eigenvalue weighted by atomic mass is 9.65. The van der Waals surface area contributed by atoms with Crippen LogP contribution in [0, 0.1) is 18.8 Å². The van der Waals surface area contributed by atoms with Gasteiger partial charge in [0.2, 0.25) is 0 Å². The van der Waals surface area contributed by atoms with Crippen LogP contribution >= 0.6 is 0 Å². The highest BCUT2D eigenvalue weighted by molar-refractivity contribution is 5.26. The number of hydrogen-bond acceptors (Lipinski definition) is 1. The Balaban J connectivity index is 1.13. The summed E-state index contributed by atoms with van der Waals surface area (Å²) in [6, 6.07) is 22.4. The van der Waals surface area contributed by atoms with E-state index in [1.807, 2.05) is 0 Å². The number of rotatable bonds is 5. The summed E-state index contributed by atoms with van der Waals surface area (Å²) < 4.78 is 0. The fourth-order valence-electron chi connectivity index (χ4n) is 7.81. The molecule has 1 nitrogen and oxygen atoms in total. The molecule has 0 amide bonds. The van der Waals surface area contributed by atoms with Crippen molar-refractivity contribution in [2.75, 3.05) is 7.05 Å². The number of hydrogen-bond donors (Lipinski definition) is 0. The van der Waals surface area contributed by atoms with E-state index in [4.69, 9.17) is 0 Å². The molecule has 2 aromatic carbocycles. The smallest absolute Gasteiger partial charge is 0.00955 e. The maximum Gasteiger partial charge on any atom is 0.00955 e. The second-order valence-electron chi connectivity index (χ2n) is 11.6. The molecule has 0 aromatic heterocycles. The molecule has 3 aliphatic carbocycles. The SMILES string of the molecule is Cc1cccc(C2CCC(N(C)C3CCC(C4CCCCC4c4ccccc4)CC3)CC2)c1. The summed E-state index contributed by atoms with van der Waals surface area (Å²) >= 11 is 0. The minimum absolute atomic E-state index is 0.784. The molecule has 2 unspecified atom stereocenters. The Labute approximate surface area is 203 Å². The molecule has 0 radical (unpaired) electrons. The normalized spacial score (nSPS) is 33.2. The summed E-state index contributed by atoms with van der Waals surface area (Å²) in [5, 5.41) is 0. The summed E-state index contributed by atoms with van der Waals surface area (Å²) in [5.74, 6) is 3.48. The summed E-state index contributed by atoms with van der Waals surface area (Å²) in [6.07, 6.45) is 17.0. The zero-order valence-electron chi connectivity index (χ0n) is 21.1. The predicted molar refractivity (Wildman–Crippen MR) is 141 cm³/mol. The van der Waals surface area contributed by atoms with Crippen LogP contribution in [0.4, 0.5) is 0 Å². The van der Waals surface area contributed by atoms with Crippen LogP contribution < -0.4 is 0 Å². The van der Waals surface area contributed by atoms with Gasteiger partial charge in [0, 0.05) is 12.1 Å². The molecule has 0 bridgehead atoms. The molecule has 3 fully saturated rings. The Morgan fingerprint density at radius 3 is 1.97 bits per heavy atom. The van der Waals surface area contributed by atoms with E-state index in [1.165, 1.54) is 82.6 Å². The Kier molecular flexibility index (Phi) is 7.56. The maximum absolute atomic E-state index is 2.82. The Morgan fingerprint density at radius 1 is 0.636 bits per heavy atom. The van der Waals surface area contributed by atoms with Crippen LogP contribution in [-0.2, 0) is 0 Å². The first-order chi connectivity index (χ1) is 16.2. The van der Waals surface area contributed by atoms with Crippen molar-refractivity contribution in [3.8, 4) is 0 Å². The molecule has 0 spiro atoms. The number of benzene rings is 2. The highest BCUT2D eigenvalue weighted by Crippen LogP contribution is 2.47. The topological polar surface area (TPSA) is 3.24 Å². The highest BCUT2D eigenvalue weighted by Gasteiger charge is 2.37. The van der Waals surface area contributed by atoms with Gasteiger partial charge in [-0.25, -0.2) is 0 Å². The third-order valence-corrected chi connectivity index (χ3v) is 9.76. The quantitative estimate of drug-likeness (QED) is 0.448. The van der Waals surface area contributed by atoms with Crippen molar-refractivity contribution in [1.82, 2.24) is 4.90 Å². The second kappa shape index (κ2) is 10.8. The number of aryl methyl sites for hydroxylation is 1. The van der Waals surface area contributed by atoms with E-state index in [9.17, 15) is 0 Å². The Bertz CT molecular complexity index is 857. The van der Waals surface area contributed by atoms with Crippen LogP contribution in [0.15, 0.2) is 54.6 Å². The van der Waals surface area contributed by atoms with Crippen LogP contribution in [0.1, 0.15) is 106 Å². The van der Waals surface area contributed by atoms with Crippen LogP contribution in [0.3, 0.4) is 0 Å². The molecular weight excluding hydrogens is 398 g/mol. The van der Waals surface area contributed by atoms with E-state index in [-0.39, 0.29) is 0 Å². The van der Waals surface area contributed by atoms with Gasteiger partial charge in [0.25, 0.3) is 0 Å². The summed E-state index contributed by atoms with van der Waals surface area (Å²) in [4.78, 5) is 2.82. The summed E-state index contributed by atoms with van der Waals surface area (Å²) in [5.41, 5.74) is 4.61. The first-order valence-electron chi connectivity index (χ1n) is 14.0. The molecule has 2 aromatic rings. The second-order valence-corrected chi connectivity index (χ2v) is 11.6. The van der Waals surface area contributed by atoms with Gasteiger partial charge in [-0.3, -0.25) is 0 Å². The first-order valence-corrected chi connectivity index (χ1v) is 14.0. The van der Waals surface area contributed by atoms with Crippen molar-refractivity contribution in [3.63, 3.8) is 0 Å². The van der Waals surface area contributed by atoms with Gasteiger partial charge in [-0.2, -0.15) is 0 Å². The van der Waals surface area contributed by atoms with Crippen molar-refractivity contribution in [1.29, 1.82) is 0 Å². The molecule has 0 N–H and O–H groups in total. The van der Waals surface area contributed by atoms with Crippen LogP contribution in [0.25, 0.3) is 0 Å². The molecule has 3 aliphatic rings. The summed E-state index contributed by atoms with van der Waals surface area (Å²) in [7, 11) is 2.45. The van der Waals surface area contributed by atoms with Crippen molar-refractivity contribution in [3.05, 3.63) is 71.3 Å². The lowest BCUT2D eigenvalue weighted by Gasteiger charge is -2.45. The summed E-state index contributed by atoms with van der Waals surface area (Å²) in [6.45, 7) is 2.23. The van der Waals surface area contributed by atoms with Gasteiger partial charge in [0.15, 0.2) is 0 Å². The molecule has 33 heavy (non-hydrogen) atoms. The van der Waals surface area contributed by atoms with Gasteiger partial charge in [0.05, 0.1) is 0 Å².